The molecule has 17 heavy (non-hydrogen) atoms. The predicted octanol–water partition coefficient (Wildman–Crippen LogP) is 4.01. The van der Waals surface area contributed by atoms with Gasteiger partial charge in [-0.25, -0.2) is 4.39 Å². The van der Waals surface area contributed by atoms with E-state index in [-0.39, 0.29) is 12.2 Å². The topological polar surface area (TPSA) is 17.1 Å². The smallest absolute Gasteiger partial charge is 0.167 e. The Morgan fingerprint density at radius 1 is 1.12 bits per heavy atom. The van der Waals surface area contributed by atoms with Gasteiger partial charge in [-0.3, -0.25) is 4.79 Å². The number of carbonyl (C=O) groups excluding carboxylic acids is 1. The Hall–Kier alpha value is -1.48. The van der Waals surface area contributed by atoms with Crippen molar-refractivity contribution in [2.75, 3.05) is 0 Å². The quantitative estimate of drug-likeness (QED) is 0.781. The summed E-state index contributed by atoms with van der Waals surface area (Å²) in [6, 6.07) is 13.6. The number of hydrogen-bond acceptors (Lipinski definition) is 1. The predicted molar refractivity (Wildman–Crippen MR) is 68.6 cm³/mol. The summed E-state index contributed by atoms with van der Waals surface area (Å²) < 4.78 is 13.7. The fourth-order valence-corrected chi connectivity index (χ4v) is 2.06. The van der Waals surface area contributed by atoms with Crippen molar-refractivity contribution in [3.8, 4) is 0 Å². The van der Waals surface area contributed by atoms with Gasteiger partial charge in [-0.15, -0.1) is 0 Å². The molecule has 0 fully saturated rings. The fraction of sp³-hybridized carbons (Fsp3) is 0.0714. The third kappa shape index (κ3) is 3.24. The Morgan fingerprint density at radius 2 is 1.82 bits per heavy atom. The van der Waals surface area contributed by atoms with Gasteiger partial charge in [-0.1, -0.05) is 46.3 Å². The van der Waals surface area contributed by atoms with E-state index >= 15 is 0 Å². The number of ketones is 1. The summed E-state index contributed by atoms with van der Waals surface area (Å²) in [6.45, 7) is 0. The Morgan fingerprint density at radius 3 is 2.47 bits per heavy atom. The van der Waals surface area contributed by atoms with Crippen molar-refractivity contribution in [2.45, 2.75) is 6.42 Å². The highest BCUT2D eigenvalue weighted by Crippen LogP contribution is 2.16. The van der Waals surface area contributed by atoms with Crippen LogP contribution in [0.4, 0.5) is 4.39 Å². The lowest BCUT2D eigenvalue weighted by Gasteiger charge is -2.02. The Labute approximate surface area is 107 Å². The van der Waals surface area contributed by atoms with Crippen LogP contribution >= 0.6 is 15.9 Å². The third-order valence-corrected chi connectivity index (χ3v) is 2.85. The summed E-state index contributed by atoms with van der Waals surface area (Å²) in [4.78, 5) is 11.9. The molecular formula is C14H10BrFO. The van der Waals surface area contributed by atoms with Crippen LogP contribution in [-0.2, 0) is 6.42 Å². The van der Waals surface area contributed by atoms with Crippen LogP contribution in [0.25, 0.3) is 0 Å². The summed E-state index contributed by atoms with van der Waals surface area (Å²) in [5.41, 5.74) is 1.32. The molecule has 0 heterocycles. The van der Waals surface area contributed by atoms with Gasteiger partial charge in [0.2, 0.25) is 0 Å². The molecule has 0 aliphatic carbocycles. The molecule has 0 unspecified atom stereocenters. The second-order valence-electron chi connectivity index (χ2n) is 3.74. The van der Waals surface area contributed by atoms with Crippen molar-refractivity contribution in [1.29, 1.82) is 0 Å². The molecular weight excluding hydrogens is 283 g/mol. The second-order valence-corrected chi connectivity index (χ2v) is 4.66. The average Bonchev–Trinajstić information content (AvgIpc) is 2.29. The molecule has 2 aromatic carbocycles. The first-order valence-corrected chi connectivity index (χ1v) is 5.97. The van der Waals surface area contributed by atoms with E-state index in [2.05, 4.69) is 15.9 Å². The first-order valence-electron chi connectivity index (χ1n) is 5.18. The SMILES string of the molecule is O=C(Cc1ccccc1)c1cc(F)cc(Br)c1. The molecule has 0 spiro atoms. The minimum Gasteiger partial charge on any atom is -0.294 e. The second kappa shape index (κ2) is 5.23. The minimum atomic E-state index is -0.407. The first kappa shape index (κ1) is 12.0. The van der Waals surface area contributed by atoms with Crippen molar-refractivity contribution >= 4 is 21.7 Å². The van der Waals surface area contributed by atoms with Crippen LogP contribution in [0.2, 0.25) is 0 Å². The Bertz CT molecular complexity index is 517. The summed E-state index contributed by atoms with van der Waals surface area (Å²) in [6.07, 6.45) is 0.288. The number of Topliss-reactive ketones (excluding diaryl/α,β-unsaturated/α-hetero) is 1. The van der Waals surface area contributed by atoms with E-state index in [0.717, 1.165) is 5.56 Å². The average molecular weight is 293 g/mol. The van der Waals surface area contributed by atoms with Gasteiger partial charge < -0.3 is 0 Å². The highest BCUT2D eigenvalue weighted by molar-refractivity contribution is 9.10. The lowest BCUT2D eigenvalue weighted by atomic mass is 10.0. The maximum Gasteiger partial charge on any atom is 0.167 e. The van der Waals surface area contributed by atoms with Crippen molar-refractivity contribution in [3.05, 3.63) is 69.9 Å². The van der Waals surface area contributed by atoms with Crippen LogP contribution in [-0.4, -0.2) is 5.78 Å². The van der Waals surface area contributed by atoms with Crippen molar-refractivity contribution < 1.29 is 9.18 Å². The van der Waals surface area contributed by atoms with Gasteiger partial charge in [0.15, 0.2) is 5.78 Å². The Balaban J connectivity index is 2.20. The van der Waals surface area contributed by atoms with Crippen LogP contribution < -0.4 is 0 Å². The zero-order valence-corrected chi connectivity index (χ0v) is 10.6. The lowest BCUT2D eigenvalue weighted by Crippen LogP contribution is -2.03. The van der Waals surface area contributed by atoms with Gasteiger partial charge >= 0.3 is 0 Å². The molecule has 2 aromatic rings. The monoisotopic (exact) mass is 292 g/mol. The lowest BCUT2D eigenvalue weighted by molar-refractivity contribution is 0.0992. The van der Waals surface area contributed by atoms with Crippen molar-refractivity contribution in [3.63, 3.8) is 0 Å². The first-order chi connectivity index (χ1) is 8.15. The van der Waals surface area contributed by atoms with Crippen LogP contribution in [0.5, 0.6) is 0 Å². The van der Waals surface area contributed by atoms with Crippen molar-refractivity contribution in [2.24, 2.45) is 0 Å². The number of halogens is 2. The van der Waals surface area contributed by atoms with Gasteiger partial charge in [0, 0.05) is 16.5 Å². The maximum absolute atomic E-state index is 13.1. The summed E-state index contributed by atoms with van der Waals surface area (Å²) in [7, 11) is 0. The van der Waals surface area contributed by atoms with Crippen LogP contribution in [0.15, 0.2) is 53.0 Å². The molecule has 0 aromatic heterocycles. The number of rotatable bonds is 3. The van der Waals surface area contributed by atoms with E-state index in [0.29, 0.717) is 10.0 Å². The van der Waals surface area contributed by atoms with Crippen LogP contribution in [0.1, 0.15) is 15.9 Å². The molecule has 0 aliphatic rings. The highest BCUT2D eigenvalue weighted by atomic mass is 79.9. The van der Waals surface area contributed by atoms with Gasteiger partial charge in [-0.05, 0) is 23.8 Å². The van der Waals surface area contributed by atoms with Gasteiger partial charge in [0.1, 0.15) is 5.82 Å². The molecule has 1 nitrogen and oxygen atoms in total. The molecule has 0 saturated carbocycles. The molecule has 0 N–H and O–H groups in total. The number of benzene rings is 2. The number of hydrogen-bond donors (Lipinski definition) is 0. The van der Waals surface area contributed by atoms with E-state index in [1.165, 1.54) is 12.1 Å². The standard InChI is InChI=1S/C14H10BrFO/c15-12-7-11(8-13(16)9-12)14(17)6-10-4-2-1-3-5-10/h1-5,7-9H,6H2. The molecule has 2 rings (SSSR count). The highest BCUT2D eigenvalue weighted by Gasteiger charge is 2.09. The zero-order valence-electron chi connectivity index (χ0n) is 8.99. The third-order valence-electron chi connectivity index (χ3n) is 2.39. The molecule has 86 valence electrons. The van der Waals surface area contributed by atoms with Crippen molar-refractivity contribution in [1.82, 2.24) is 0 Å². The van der Waals surface area contributed by atoms with Gasteiger partial charge in [-0.2, -0.15) is 0 Å². The van der Waals surface area contributed by atoms with E-state index in [1.54, 1.807) is 6.07 Å². The molecule has 3 heteroatoms. The van der Waals surface area contributed by atoms with E-state index in [4.69, 9.17) is 0 Å². The van der Waals surface area contributed by atoms with E-state index < -0.39 is 5.82 Å². The van der Waals surface area contributed by atoms with E-state index in [1.807, 2.05) is 30.3 Å². The molecule has 0 bridgehead atoms. The fourth-order valence-electron chi connectivity index (χ4n) is 1.60. The molecule has 0 atom stereocenters. The summed E-state index contributed by atoms with van der Waals surface area (Å²) in [5, 5.41) is 0. The van der Waals surface area contributed by atoms with Gasteiger partial charge in [0.25, 0.3) is 0 Å². The largest absolute Gasteiger partial charge is 0.294 e. The summed E-state index contributed by atoms with van der Waals surface area (Å²) in [5.74, 6) is -0.493. The normalized spacial score (nSPS) is 10.2. The van der Waals surface area contributed by atoms with Gasteiger partial charge in [0.05, 0.1) is 0 Å². The summed E-state index contributed by atoms with van der Waals surface area (Å²) >= 11 is 3.17. The molecule has 0 amide bonds. The molecule has 0 saturated heterocycles. The zero-order chi connectivity index (χ0) is 12.3. The van der Waals surface area contributed by atoms with Crippen LogP contribution in [0.3, 0.4) is 0 Å². The maximum atomic E-state index is 13.1. The molecule has 0 radical (unpaired) electrons. The van der Waals surface area contributed by atoms with E-state index in [9.17, 15) is 9.18 Å². The van der Waals surface area contributed by atoms with Crippen LogP contribution in [0, 0.1) is 5.82 Å². The number of carbonyl (C=O) groups is 1. The minimum absolute atomic E-state index is 0.0867. The Kier molecular flexibility index (Phi) is 3.69. The molecule has 0 aliphatic heterocycles.